The van der Waals surface area contributed by atoms with E-state index >= 15 is 0 Å². The van der Waals surface area contributed by atoms with E-state index in [-0.39, 0.29) is 29.8 Å². The summed E-state index contributed by atoms with van der Waals surface area (Å²) < 4.78 is 19.0. The fraction of sp³-hybridized carbons (Fsp3) is 0.650. The van der Waals surface area contributed by atoms with Gasteiger partial charge in [0.25, 0.3) is 0 Å². The molecule has 3 aliphatic heterocycles. The number of halogens is 2. The van der Waals surface area contributed by atoms with Crippen molar-refractivity contribution in [1.29, 1.82) is 0 Å². The van der Waals surface area contributed by atoms with Crippen molar-refractivity contribution in [1.82, 2.24) is 15.5 Å². The number of fused-ring (bicyclic) bond motifs is 2. The van der Waals surface area contributed by atoms with Crippen LogP contribution in [0.1, 0.15) is 19.3 Å². The molecule has 3 unspecified atom stereocenters. The van der Waals surface area contributed by atoms with Gasteiger partial charge in [-0.05, 0) is 43.5 Å². The third kappa shape index (κ3) is 5.27. The zero-order valence-corrected chi connectivity index (χ0v) is 18.8. The number of ether oxygens (including phenoxy) is 1. The molecule has 0 spiro atoms. The predicted molar refractivity (Wildman–Crippen MR) is 121 cm³/mol. The number of hydrogen-bond donors (Lipinski definition) is 2. The molecule has 3 saturated heterocycles. The summed E-state index contributed by atoms with van der Waals surface area (Å²) in [6, 6.07) is 7.19. The van der Waals surface area contributed by atoms with Crippen LogP contribution in [0.3, 0.4) is 0 Å². The summed E-state index contributed by atoms with van der Waals surface area (Å²) in [6.07, 6.45) is 4.27. The quantitative estimate of drug-likeness (QED) is 0.366. The van der Waals surface area contributed by atoms with Gasteiger partial charge < -0.3 is 20.3 Å². The Labute approximate surface area is 183 Å². The van der Waals surface area contributed by atoms with Crippen LogP contribution in [0.2, 0.25) is 0 Å². The van der Waals surface area contributed by atoms with Crippen LogP contribution < -0.4 is 15.5 Å². The van der Waals surface area contributed by atoms with E-state index in [4.69, 9.17) is 4.74 Å². The molecule has 2 bridgehead atoms. The van der Waals surface area contributed by atoms with Gasteiger partial charge in [0.2, 0.25) is 0 Å². The standard InChI is InChI=1S/C20H30FN5O.HI/c1-22-20(24-18-14-17-6-7-19(18)27-17)23-8-9-25-10-12-26(13-11-25)16-4-2-15(21)3-5-16;/h2-5,17-19H,6-14H2,1H3,(H2,22,23,24);1H. The molecule has 0 saturated carbocycles. The maximum absolute atomic E-state index is 13.1. The van der Waals surface area contributed by atoms with Gasteiger partial charge in [-0.2, -0.15) is 0 Å². The van der Waals surface area contributed by atoms with Gasteiger partial charge >= 0.3 is 0 Å². The smallest absolute Gasteiger partial charge is 0.191 e. The molecule has 3 fully saturated rings. The van der Waals surface area contributed by atoms with E-state index in [0.717, 1.165) is 63.8 Å². The fourth-order valence-corrected chi connectivity index (χ4v) is 4.37. The first-order valence-corrected chi connectivity index (χ1v) is 10.1. The Morgan fingerprint density at radius 2 is 1.93 bits per heavy atom. The van der Waals surface area contributed by atoms with Gasteiger partial charge in [-0.1, -0.05) is 0 Å². The Balaban J connectivity index is 0.00000225. The van der Waals surface area contributed by atoms with E-state index in [0.29, 0.717) is 18.2 Å². The molecule has 3 aliphatic rings. The molecular formula is C20H31FIN5O. The van der Waals surface area contributed by atoms with Gasteiger partial charge in [0.05, 0.1) is 18.2 Å². The highest BCUT2D eigenvalue weighted by Crippen LogP contribution is 2.34. The molecule has 156 valence electrons. The maximum atomic E-state index is 13.1. The van der Waals surface area contributed by atoms with E-state index in [1.165, 1.54) is 18.6 Å². The molecule has 4 rings (SSSR count). The summed E-state index contributed by atoms with van der Waals surface area (Å²) in [5, 5.41) is 6.96. The molecule has 1 aromatic carbocycles. The van der Waals surface area contributed by atoms with Crippen molar-refractivity contribution in [2.24, 2.45) is 4.99 Å². The van der Waals surface area contributed by atoms with Crippen molar-refractivity contribution in [2.45, 2.75) is 37.5 Å². The lowest BCUT2D eigenvalue weighted by Crippen LogP contribution is -2.51. The number of piperazine rings is 1. The lowest BCUT2D eigenvalue weighted by Gasteiger charge is -2.36. The summed E-state index contributed by atoms with van der Waals surface area (Å²) in [6.45, 7) is 5.85. The minimum atomic E-state index is -0.178. The van der Waals surface area contributed by atoms with Crippen molar-refractivity contribution in [2.75, 3.05) is 51.2 Å². The molecule has 3 heterocycles. The molecule has 0 amide bonds. The van der Waals surface area contributed by atoms with E-state index in [2.05, 4.69) is 25.4 Å². The van der Waals surface area contributed by atoms with Crippen LogP contribution in [0.5, 0.6) is 0 Å². The molecule has 0 aliphatic carbocycles. The van der Waals surface area contributed by atoms with Gasteiger partial charge in [0.1, 0.15) is 5.82 Å². The van der Waals surface area contributed by atoms with Gasteiger partial charge in [-0.15, -0.1) is 24.0 Å². The topological polar surface area (TPSA) is 52.1 Å². The predicted octanol–water partition coefficient (Wildman–Crippen LogP) is 2.05. The maximum Gasteiger partial charge on any atom is 0.191 e. The Kier molecular flexibility index (Phi) is 7.76. The molecule has 8 heteroatoms. The summed E-state index contributed by atoms with van der Waals surface area (Å²) in [5.74, 6) is 0.698. The number of nitrogens with zero attached hydrogens (tertiary/aromatic N) is 3. The second kappa shape index (κ2) is 10.1. The number of aliphatic imine (C=N–C) groups is 1. The van der Waals surface area contributed by atoms with Crippen molar-refractivity contribution in [3.8, 4) is 0 Å². The van der Waals surface area contributed by atoms with Crippen LogP contribution in [0.4, 0.5) is 10.1 Å². The lowest BCUT2D eigenvalue weighted by atomic mass is 9.96. The molecule has 1 aromatic rings. The van der Waals surface area contributed by atoms with Crippen molar-refractivity contribution in [3.05, 3.63) is 30.1 Å². The molecule has 2 N–H and O–H groups in total. The highest BCUT2D eigenvalue weighted by Gasteiger charge is 2.41. The SMILES string of the molecule is CN=C(NCCN1CCN(c2ccc(F)cc2)CC1)NC1CC2CCC1O2.I. The zero-order chi connectivity index (χ0) is 18.6. The Morgan fingerprint density at radius 3 is 2.54 bits per heavy atom. The fourth-order valence-electron chi connectivity index (χ4n) is 4.37. The number of guanidine groups is 1. The molecule has 0 aromatic heterocycles. The second-order valence-electron chi connectivity index (χ2n) is 7.66. The molecule has 0 radical (unpaired) electrons. The van der Waals surface area contributed by atoms with Crippen LogP contribution in [0.25, 0.3) is 0 Å². The minimum absolute atomic E-state index is 0. The Hall–Kier alpha value is -1.13. The van der Waals surface area contributed by atoms with Crippen LogP contribution >= 0.6 is 24.0 Å². The average molecular weight is 503 g/mol. The second-order valence-corrected chi connectivity index (χ2v) is 7.66. The van der Waals surface area contributed by atoms with E-state index in [1.807, 2.05) is 19.2 Å². The van der Waals surface area contributed by atoms with Crippen molar-refractivity contribution >= 4 is 35.6 Å². The third-order valence-corrected chi connectivity index (χ3v) is 5.94. The number of rotatable bonds is 5. The lowest BCUT2D eigenvalue weighted by molar-refractivity contribution is 0.0992. The highest BCUT2D eigenvalue weighted by atomic mass is 127. The van der Waals surface area contributed by atoms with E-state index in [1.54, 1.807) is 0 Å². The number of anilines is 1. The van der Waals surface area contributed by atoms with Gasteiger partial charge in [-0.25, -0.2) is 4.39 Å². The number of hydrogen-bond acceptors (Lipinski definition) is 4. The normalized spacial score (nSPS) is 27.6. The first-order chi connectivity index (χ1) is 13.2. The number of benzene rings is 1. The first kappa shape index (κ1) is 21.6. The van der Waals surface area contributed by atoms with Crippen LogP contribution in [0.15, 0.2) is 29.3 Å². The largest absolute Gasteiger partial charge is 0.373 e. The third-order valence-electron chi connectivity index (χ3n) is 5.94. The summed E-state index contributed by atoms with van der Waals surface area (Å²) in [4.78, 5) is 9.14. The van der Waals surface area contributed by atoms with E-state index in [9.17, 15) is 4.39 Å². The molecule has 6 nitrogen and oxygen atoms in total. The van der Waals surface area contributed by atoms with Gasteiger partial charge in [0.15, 0.2) is 5.96 Å². The van der Waals surface area contributed by atoms with Gasteiger partial charge in [0, 0.05) is 52.0 Å². The molecule has 3 atom stereocenters. The molecular weight excluding hydrogens is 472 g/mol. The average Bonchev–Trinajstić information content (AvgIpc) is 3.31. The van der Waals surface area contributed by atoms with Crippen LogP contribution in [-0.4, -0.2) is 75.4 Å². The Bertz CT molecular complexity index is 651. The minimum Gasteiger partial charge on any atom is -0.373 e. The summed E-state index contributed by atoms with van der Waals surface area (Å²) in [7, 11) is 1.82. The van der Waals surface area contributed by atoms with Crippen LogP contribution in [0, 0.1) is 5.82 Å². The number of nitrogens with one attached hydrogen (secondary N) is 2. The van der Waals surface area contributed by atoms with Crippen LogP contribution in [-0.2, 0) is 4.74 Å². The Morgan fingerprint density at radius 1 is 1.18 bits per heavy atom. The summed E-state index contributed by atoms with van der Waals surface area (Å²) in [5.41, 5.74) is 1.10. The first-order valence-electron chi connectivity index (χ1n) is 10.1. The van der Waals surface area contributed by atoms with E-state index < -0.39 is 0 Å². The zero-order valence-electron chi connectivity index (χ0n) is 16.4. The van der Waals surface area contributed by atoms with Crippen molar-refractivity contribution < 1.29 is 9.13 Å². The summed E-state index contributed by atoms with van der Waals surface area (Å²) >= 11 is 0. The van der Waals surface area contributed by atoms with Crippen molar-refractivity contribution in [3.63, 3.8) is 0 Å². The monoisotopic (exact) mass is 503 g/mol. The van der Waals surface area contributed by atoms with Gasteiger partial charge in [-0.3, -0.25) is 9.89 Å². The highest BCUT2D eigenvalue weighted by molar-refractivity contribution is 14.0. The molecule has 28 heavy (non-hydrogen) atoms.